The number of hydrogen-bond acceptors (Lipinski definition) is 4. The topological polar surface area (TPSA) is 114 Å². The molecule has 0 aliphatic rings. The van der Waals surface area contributed by atoms with E-state index in [2.05, 4.69) is 4.98 Å². The molecular formula is C11H13FN2O4. The Morgan fingerprint density at radius 1 is 1.33 bits per heavy atom. The first-order chi connectivity index (χ1) is 8.40. The lowest BCUT2D eigenvalue weighted by molar-refractivity contribution is -0.143. The summed E-state index contributed by atoms with van der Waals surface area (Å²) in [6.07, 6.45) is -0.295. The number of carbonyl (C=O) groups is 2. The molecule has 1 heterocycles. The molecule has 2 unspecified atom stereocenters. The van der Waals surface area contributed by atoms with Crippen molar-refractivity contribution >= 4 is 11.9 Å². The second-order valence-corrected chi connectivity index (χ2v) is 3.87. The fourth-order valence-corrected chi connectivity index (χ4v) is 1.50. The molecule has 0 spiro atoms. The molecule has 0 radical (unpaired) electrons. The summed E-state index contributed by atoms with van der Waals surface area (Å²) in [6.45, 7) is 0. The molecule has 0 amide bonds. The minimum absolute atomic E-state index is 0.0614. The van der Waals surface area contributed by atoms with Crippen LogP contribution >= 0.6 is 0 Å². The number of aromatic nitrogens is 1. The molecule has 0 bridgehead atoms. The summed E-state index contributed by atoms with van der Waals surface area (Å²) in [5.41, 5.74) is 5.53. The molecule has 1 rings (SSSR count). The number of rotatable bonds is 6. The van der Waals surface area contributed by atoms with Crippen LogP contribution < -0.4 is 5.73 Å². The molecule has 0 saturated heterocycles. The van der Waals surface area contributed by atoms with E-state index in [1.165, 1.54) is 12.1 Å². The number of aliphatic carboxylic acids is 2. The van der Waals surface area contributed by atoms with Crippen molar-refractivity contribution in [2.75, 3.05) is 0 Å². The molecule has 1 aromatic heterocycles. The predicted octanol–water partition coefficient (Wildman–Crippen LogP) is 0.266. The van der Waals surface area contributed by atoms with Gasteiger partial charge in [0, 0.05) is 12.1 Å². The van der Waals surface area contributed by atoms with Crippen LogP contribution in [-0.2, 0) is 16.0 Å². The van der Waals surface area contributed by atoms with Crippen LogP contribution in [-0.4, -0.2) is 33.2 Å². The van der Waals surface area contributed by atoms with Crippen molar-refractivity contribution in [3.63, 3.8) is 0 Å². The Balaban J connectivity index is 2.75. The van der Waals surface area contributed by atoms with Gasteiger partial charge in [-0.15, -0.1) is 0 Å². The van der Waals surface area contributed by atoms with Crippen molar-refractivity contribution < 1.29 is 24.2 Å². The van der Waals surface area contributed by atoms with Crippen LogP contribution in [0.5, 0.6) is 0 Å². The first kappa shape index (κ1) is 14.0. The minimum atomic E-state index is -1.27. The van der Waals surface area contributed by atoms with E-state index < -0.39 is 29.8 Å². The van der Waals surface area contributed by atoms with Gasteiger partial charge in [0.05, 0.1) is 5.92 Å². The fourth-order valence-electron chi connectivity index (χ4n) is 1.50. The van der Waals surface area contributed by atoms with Crippen molar-refractivity contribution in [2.45, 2.75) is 18.9 Å². The number of pyridine rings is 1. The lowest BCUT2D eigenvalue weighted by Gasteiger charge is -2.14. The standard InChI is InChI=1S/C11H13FN2O4/c12-9-3-1-2-7(14-9)4-6(10(15)16)5-8(13)11(17)18/h1-3,6,8H,4-5,13H2,(H,15,16)(H,17,18). The van der Waals surface area contributed by atoms with Gasteiger partial charge in [-0.05, 0) is 18.6 Å². The Morgan fingerprint density at radius 3 is 2.50 bits per heavy atom. The molecule has 0 aliphatic carbocycles. The summed E-state index contributed by atoms with van der Waals surface area (Å²) in [4.78, 5) is 25.1. The number of halogens is 1. The molecule has 6 nitrogen and oxygen atoms in total. The predicted molar refractivity (Wildman–Crippen MR) is 59.3 cm³/mol. The molecule has 18 heavy (non-hydrogen) atoms. The summed E-state index contributed by atoms with van der Waals surface area (Å²) in [5.74, 6) is -4.17. The number of carboxylic acid groups (broad SMARTS) is 2. The molecule has 0 aromatic carbocycles. The van der Waals surface area contributed by atoms with E-state index in [4.69, 9.17) is 15.9 Å². The molecule has 2 atom stereocenters. The second-order valence-electron chi connectivity index (χ2n) is 3.87. The van der Waals surface area contributed by atoms with E-state index in [9.17, 15) is 14.0 Å². The van der Waals surface area contributed by atoms with Crippen molar-refractivity contribution in [3.8, 4) is 0 Å². The number of carboxylic acids is 2. The van der Waals surface area contributed by atoms with Gasteiger partial charge in [-0.2, -0.15) is 4.39 Å². The molecule has 0 saturated carbocycles. The molecule has 4 N–H and O–H groups in total. The maximum Gasteiger partial charge on any atom is 0.320 e. The third kappa shape index (κ3) is 4.10. The first-order valence-corrected chi connectivity index (χ1v) is 5.22. The first-order valence-electron chi connectivity index (χ1n) is 5.22. The van der Waals surface area contributed by atoms with Gasteiger partial charge in [-0.1, -0.05) is 6.07 Å². The highest BCUT2D eigenvalue weighted by Crippen LogP contribution is 2.13. The quantitative estimate of drug-likeness (QED) is 0.629. The van der Waals surface area contributed by atoms with E-state index >= 15 is 0 Å². The van der Waals surface area contributed by atoms with Crippen LogP contribution in [0.1, 0.15) is 12.1 Å². The van der Waals surface area contributed by atoms with E-state index in [1.807, 2.05) is 0 Å². The summed E-state index contributed by atoms with van der Waals surface area (Å²) in [6, 6.07) is 2.76. The Kier molecular flexibility index (Phi) is 4.73. The molecule has 0 aliphatic heterocycles. The Hall–Kier alpha value is -2.02. The average molecular weight is 256 g/mol. The summed E-state index contributed by atoms with van der Waals surface area (Å²) < 4.78 is 12.8. The van der Waals surface area contributed by atoms with Crippen LogP contribution in [0.15, 0.2) is 18.2 Å². The maximum atomic E-state index is 12.8. The zero-order chi connectivity index (χ0) is 13.7. The summed E-state index contributed by atoms with van der Waals surface area (Å²) in [7, 11) is 0. The van der Waals surface area contributed by atoms with E-state index in [-0.39, 0.29) is 18.5 Å². The molecule has 98 valence electrons. The highest BCUT2D eigenvalue weighted by molar-refractivity contribution is 5.75. The zero-order valence-corrected chi connectivity index (χ0v) is 9.41. The van der Waals surface area contributed by atoms with E-state index in [0.717, 1.165) is 6.07 Å². The van der Waals surface area contributed by atoms with Gasteiger partial charge in [0.25, 0.3) is 0 Å². The monoisotopic (exact) mass is 256 g/mol. The molecular weight excluding hydrogens is 243 g/mol. The molecule has 7 heteroatoms. The number of nitrogens with zero attached hydrogens (tertiary/aromatic N) is 1. The number of hydrogen-bond donors (Lipinski definition) is 3. The second kappa shape index (κ2) is 6.06. The normalized spacial score (nSPS) is 13.9. The Bertz CT molecular complexity index is 452. The molecule has 0 fully saturated rings. The van der Waals surface area contributed by atoms with E-state index in [0.29, 0.717) is 0 Å². The van der Waals surface area contributed by atoms with Gasteiger partial charge in [0.2, 0.25) is 5.95 Å². The number of nitrogens with two attached hydrogens (primary N) is 1. The van der Waals surface area contributed by atoms with Crippen LogP contribution in [0, 0.1) is 11.9 Å². The van der Waals surface area contributed by atoms with Gasteiger partial charge < -0.3 is 15.9 Å². The smallest absolute Gasteiger partial charge is 0.320 e. The van der Waals surface area contributed by atoms with Gasteiger partial charge >= 0.3 is 11.9 Å². The Labute approximate surface area is 102 Å². The van der Waals surface area contributed by atoms with Crippen LogP contribution in [0.25, 0.3) is 0 Å². The van der Waals surface area contributed by atoms with E-state index in [1.54, 1.807) is 0 Å². The maximum absolute atomic E-state index is 12.8. The van der Waals surface area contributed by atoms with Crippen molar-refractivity contribution in [3.05, 3.63) is 29.8 Å². The van der Waals surface area contributed by atoms with Crippen LogP contribution in [0.2, 0.25) is 0 Å². The zero-order valence-electron chi connectivity index (χ0n) is 9.41. The summed E-state index contributed by atoms with van der Waals surface area (Å²) in [5, 5.41) is 17.6. The van der Waals surface area contributed by atoms with Gasteiger partial charge in [0.15, 0.2) is 0 Å². The van der Waals surface area contributed by atoms with Gasteiger partial charge in [0.1, 0.15) is 6.04 Å². The highest BCUT2D eigenvalue weighted by Gasteiger charge is 2.25. The van der Waals surface area contributed by atoms with Crippen molar-refractivity contribution in [1.29, 1.82) is 0 Å². The SMILES string of the molecule is NC(CC(Cc1cccc(F)n1)C(=O)O)C(=O)O. The van der Waals surface area contributed by atoms with Crippen LogP contribution in [0.4, 0.5) is 4.39 Å². The third-order valence-electron chi connectivity index (χ3n) is 2.43. The largest absolute Gasteiger partial charge is 0.481 e. The highest BCUT2D eigenvalue weighted by atomic mass is 19.1. The average Bonchev–Trinajstić information content (AvgIpc) is 2.27. The summed E-state index contributed by atoms with van der Waals surface area (Å²) >= 11 is 0. The van der Waals surface area contributed by atoms with Crippen LogP contribution in [0.3, 0.4) is 0 Å². The fraction of sp³-hybridized carbons (Fsp3) is 0.364. The van der Waals surface area contributed by atoms with Gasteiger partial charge in [-0.3, -0.25) is 9.59 Å². The molecule has 1 aromatic rings. The lowest BCUT2D eigenvalue weighted by atomic mass is 9.95. The third-order valence-corrected chi connectivity index (χ3v) is 2.43. The van der Waals surface area contributed by atoms with Gasteiger partial charge in [-0.25, -0.2) is 4.98 Å². The Morgan fingerprint density at radius 2 is 2.00 bits per heavy atom. The minimum Gasteiger partial charge on any atom is -0.481 e. The lowest BCUT2D eigenvalue weighted by Crippen LogP contribution is -2.35. The van der Waals surface area contributed by atoms with Crippen molar-refractivity contribution in [1.82, 2.24) is 4.98 Å². The van der Waals surface area contributed by atoms with Crippen molar-refractivity contribution in [2.24, 2.45) is 11.7 Å².